The zero-order valence-corrected chi connectivity index (χ0v) is 17.7. The third kappa shape index (κ3) is 3.40. The number of carbonyl (C=O) groups excluding carboxylic acids is 3. The van der Waals surface area contributed by atoms with Crippen molar-refractivity contribution in [2.75, 3.05) is 17.7 Å². The van der Waals surface area contributed by atoms with Crippen molar-refractivity contribution in [2.45, 2.75) is 6.92 Å². The van der Waals surface area contributed by atoms with Crippen LogP contribution in [0.1, 0.15) is 47.1 Å². The number of thiocarbonyl (C=S) groups is 1. The lowest BCUT2D eigenvalue weighted by molar-refractivity contribution is 0.0602. The number of anilines is 2. The third-order valence-electron chi connectivity index (χ3n) is 4.69. The molecule has 6 nitrogen and oxygen atoms in total. The summed E-state index contributed by atoms with van der Waals surface area (Å²) in [4.78, 5) is 38.8. The average molecular weight is 437 g/mol. The zero-order chi connectivity index (χ0) is 21.4. The molecule has 150 valence electrons. The Hall–Kier alpha value is -3.36. The van der Waals surface area contributed by atoms with Crippen molar-refractivity contribution in [3.05, 3.63) is 81.2 Å². The summed E-state index contributed by atoms with van der Waals surface area (Å²) >= 11 is 6.75. The van der Waals surface area contributed by atoms with Crippen molar-refractivity contribution in [3.8, 4) is 0 Å². The molecular weight excluding hydrogens is 420 g/mol. The molecule has 3 aromatic rings. The fraction of sp³-hybridized carbons (Fsp3) is 0.0909. The minimum Gasteiger partial charge on any atom is -0.465 e. The molecule has 0 radical (unpaired) electrons. The third-order valence-corrected chi connectivity index (χ3v) is 5.86. The van der Waals surface area contributed by atoms with Crippen LogP contribution < -0.4 is 10.6 Å². The number of hydrogen-bond donors (Lipinski definition) is 2. The summed E-state index contributed by atoms with van der Waals surface area (Å²) in [6, 6.07) is 13.5. The number of esters is 1. The van der Waals surface area contributed by atoms with Crippen LogP contribution in [0.25, 0.3) is 0 Å². The van der Waals surface area contributed by atoms with E-state index in [-0.39, 0.29) is 22.2 Å². The average Bonchev–Trinajstić information content (AvgIpc) is 3.11. The monoisotopic (exact) mass is 436 g/mol. The van der Waals surface area contributed by atoms with Crippen LogP contribution in [-0.4, -0.2) is 29.8 Å². The van der Waals surface area contributed by atoms with Gasteiger partial charge >= 0.3 is 5.97 Å². The van der Waals surface area contributed by atoms with Gasteiger partial charge in [-0.3, -0.25) is 9.59 Å². The van der Waals surface area contributed by atoms with E-state index in [2.05, 4.69) is 10.6 Å². The largest absolute Gasteiger partial charge is 0.465 e. The van der Waals surface area contributed by atoms with Crippen molar-refractivity contribution in [1.29, 1.82) is 0 Å². The fourth-order valence-electron chi connectivity index (χ4n) is 3.37. The van der Waals surface area contributed by atoms with E-state index in [0.717, 1.165) is 4.88 Å². The molecule has 0 fully saturated rings. The van der Waals surface area contributed by atoms with Crippen LogP contribution in [0.5, 0.6) is 0 Å². The van der Waals surface area contributed by atoms with E-state index in [1.54, 1.807) is 48.5 Å². The summed E-state index contributed by atoms with van der Waals surface area (Å²) in [7, 11) is 1.31. The van der Waals surface area contributed by atoms with Gasteiger partial charge in [-0.25, -0.2) is 4.79 Å². The number of rotatable bonds is 3. The first-order valence-corrected chi connectivity index (χ1v) is 10.2. The molecule has 0 spiro atoms. The summed E-state index contributed by atoms with van der Waals surface area (Å²) in [6.07, 6.45) is 0. The molecule has 0 unspecified atom stereocenters. The number of hydrogen-bond acceptors (Lipinski definition) is 6. The van der Waals surface area contributed by atoms with Crippen molar-refractivity contribution in [3.63, 3.8) is 0 Å². The van der Waals surface area contributed by atoms with Crippen molar-refractivity contribution in [2.24, 2.45) is 0 Å². The van der Waals surface area contributed by atoms with Gasteiger partial charge in [0.25, 0.3) is 0 Å². The van der Waals surface area contributed by atoms with Gasteiger partial charge in [0.05, 0.1) is 23.9 Å². The first kappa shape index (κ1) is 19.9. The maximum absolute atomic E-state index is 13.1. The topological polar surface area (TPSA) is 84.5 Å². The Labute approximate surface area is 181 Å². The van der Waals surface area contributed by atoms with Gasteiger partial charge in [0, 0.05) is 21.6 Å². The minimum absolute atomic E-state index is 0.189. The molecule has 1 heterocycles. The highest BCUT2D eigenvalue weighted by molar-refractivity contribution is 7.80. The number of thiophene rings is 1. The molecule has 1 aromatic heterocycles. The van der Waals surface area contributed by atoms with Crippen LogP contribution in [0.15, 0.2) is 48.5 Å². The number of methoxy groups -OCH3 is 1. The van der Waals surface area contributed by atoms with Crippen LogP contribution in [0.4, 0.5) is 10.7 Å². The molecule has 30 heavy (non-hydrogen) atoms. The Morgan fingerprint density at radius 2 is 1.63 bits per heavy atom. The van der Waals surface area contributed by atoms with E-state index in [4.69, 9.17) is 17.0 Å². The molecule has 2 aromatic carbocycles. The van der Waals surface area contributed by atoms with Crippen molar-refractivity contribution < 1.29 is 19.1 Å². The molecule has 0 saturated carbocycles. The Morgan fingerprint density at radius 3 is 2.33 bits per heavy atom. The number of ether oxygens (including phenoxy) is 1. The number of benzene rings is 2. The fourth-order valence-corrected chi connectivity index (χ4v) is 4.56. The van der Waals surface area contributed by atoms with Gasteiger partial charge in [-0.05, 0) is 31.3 Å². The van der Waals surface area contributed by atoms with E-state index in [0.29, 0.717) is 32.9 Å². The van der Waals surface area contributed by atoms with E-state index in [1.165, 1.54) is 18.4 Å². The Bertz CT molecular complexity index is 1230. The number of aryl methyl sites for hydroxylation is 1. The Balaban J connectivity index is 1.65. The van der Waals surface area contributed by atoms with Crippen molar-refractivity contribution >= 4 is 56.9 Å². The second-order valence-electron chi connectivity index (χ2n) is 6.60. The highest BCUT2D eigenvalue weighted by Crippen LogP contribution is 2.33. The van der Waals surface area contributed by atoms with Gasteiger partial charge in [0.15, 0.2) is 16.7 Å². The predicted octanol–water partition coefficient (Wildman–Crippen LogP) is 4.43. The highest BCUT2D eigenvalue weighted by Gasteiger charge is 2.31. The zero-order valence-electron chi connectivity index (χ0n) is 16.1. The molecule has 4 rings (SSSR count). The molecule has 1 aliphatic rings. The van der Waals surface area contributed by atoms with Crippen LogP contribution in [0.2, 0.25) is 0 Å². The van der Waals surface area contributed by atoms with Crippen LogP contribution in [0.3, 0.4) is 0 Å². The standard InChI is InChI=1S/C22H16N2O4S2/c1-11-10-15(21(27)28-2)20(30-11)24-22(29)23-16-9-5-8-14-17(16)19(26)13-7-4-3-6-12(13)18(14)25/h3-10H,1-2H3,(H2,23,24,29). The normalized spacial score (nSPS) is 12.1. The van der Waals surface area contributed by atoms with Gasteiger partial charge in [0.2, 0.25) is 0 Å². The maximum atomic E-state index is 13.1. The number of ketones is 2. The first-order valence-electron chi connectivity index (χ1n) is 8.99. The van der Waals surface area contributed by atoms with Gasteiger partial charge < -0.3 is 15.4 Å². The predicted molar refractivity (Wildman–Crippen MR) is 120 cm³/mol. The van der Waals surface area contributed by atoms with Crippen LogP contribution in [-0.2, 0) is 4.74 Å². The van der Waals surface area contributed by atoms with Gasteiger partial charge in [-0.15, -0.1) is 11.3 Å². The molecule has 0 saturated heterocycles. The summed E-state index contributed by atoms with van der Waals surface area (Å²) in [5.41, 5.74) is 2.16. The molecular formula is C22H16N2O4S2. The lowest BCUT2D eigenvalue weighted by Gasteiger charge is -2.21. The Morgan fingerprint density at radius 1 is 0.967 bits per heavy atom. The summed E-state index contributed by atoms with van der Waals surface area (Å²) < 4.78 is 4.81. The quantitative estimate of drug-likeness (QED) is 0.363. The second-order valence-corrected chi connectivity index (χ2v) is 8.27. The summed E-state index contributed by atoms with van der Waals surface area (Å²) in [5, 5.41) is 6.71. The number of nitrogens with one attached hydrogen (secondary N) is 2. The lowest BCUT2D eigenvalue weighted by Crippen LogP contribution is -2.25. The molecule has 2 N–H and O–H groups in total. The summed E-state index contributed by atoms with van der Waals surface area (Å²) in [5.74, 6) is -0.919. The Kier molecular flexibility index (Phi) is 5.19. The molecule has 0 bridgehead atoms. The first-order chi connectivity index (χ1) is 14.4. The van der Waals surface area contributed by atoms with Gasteiger partial charge in [-0.1, -0.05) is 36.4 Å². The second kappa shape index (κ2) is 7.81. The maximum Gasteiger partial charge on any atom is 0.340 e. The van der Waals surface area contributed by atoms with Crippen LogP contribution >= 0.6 is 23.6 Å². The number of carbonyl (C=O) groups is 3. The molecule has 0 atom stereocenters. The van der Waals surface area contributed by atoms with Gasteiger partial charge in [-0.2, -0.15) is 0 Å². The SMILES string of the molecule is COC(=O)c1cc(C)sc1NC(=S)Nc1cccc2c1C(=O)c1ccccc1C2=O. The summed E-state index contributed by atoms with van der Waals surface area (Å²) in [6.45, 7) is 1.87. The molecule has 0 aliphatic heterocycles. The van der Waals surface area contributed by atoms with Gasteiger partial charge in [0.1, 0.15) is 5.00 Å². The smallest absolute Gasteiger partial charge is 0.340 e. The minimum atomic E-state index is -0.473. The highest BCUT2D eigenvalue weighted by atomic mass is 32.1. The van der Waals surface area contributed by atoms with E-state index in [1.807, 2.05) is 6.92 Å². The molecule has 8 heteroatoms. The van der Waals surface area contributed by atoms with E-state index < -0.39 is 5.97 Å². The molecule has 1 aliphatic carbocycles. The van der Waals surface area contributed by atoms with E-state index >= 15 is 0 Å². The molecule has 0 amide bonds. The van der Waals surface area contributed by atoms with E-state index in [9.17, 15) is 14.4 Å². The van der Waals surface area contributed by atoms with Crippen molar-refractivity contribution in [1.82, 2.24) is 0 Å². The lowest BCUT2D eigenvalue weighted by atomic mass is 9.83. The van der Waals surface area contributed by atoms with Crippen LogP contribution in [0, 0.1) is 6.92 Å². The number of fused-ring (bicyclic) bond motifs is 2.